The highest BCUT2D eigenvalue weighted by atomic mass is 32.2. The molecular formula is C23H32N4O3S. The molecule has 8 heteroatoms. The van der Waals surface area contributed by atoms with Crippen LogP contribution >= 0.6 is 0 Å². The molecule has 2 aliphatic rings. The maximum absolute atomic E-state index is 13.2. The van der Waals surface area contributed by atoms with Gasteiger partial charge in [0.2, 0.25) is 10.0 Å². The quantitative estimate of drug-likeness (QED) is 0.685. The highest BCUT2D eigenvalue weighted by Gasteiger charge is 2.33. The Morgan fingerprint density at radius 3 is 2.71 bits per heavy atom. The first-order valence-corrected chi connectivity index (χ1v) is 13.1. The van der Waals surface area contributed by atoms with Crippen molar-refractivity contribution >= 4 is 26.8 Å². The first kappa shape index (κ1) is 22.2. The second kappa shape index (κ2) is 9.63. The van der Waals surface area contributed by atoms with Crippen LogP contribution in [0.4, 0.5) is 0 Å². The number of benzene rings is 1. The van der Waals surface area contributed by atoms with Crippen molar-refractivity contribution in [1.82, 2.24) is 19.1 Å². The molecule has 2 aliphatic heterocycles. The molecule has 1 unspecified atom stereocenters. The SMILES string of the molecule is CS(=O)(=O)N(CCN1CCCCC1)C1CCCN(C(=O)c2ccc3ncccc3c2)C1. The van der Waals surface area contributed by atoms with Crippen molar-refractivity contribution in [2.24, 2.45) is 0 Å². The van der Waals surface area contributed by atoms with Crippen LogP contribution < -0.4 is 0 Å². The topological polar surface area (TPSA) is 73.8 Å². The summed E-state index contributed by atoms with van der Waals surface area (Å²) in [6.45, 7) is 4.44. The predicted molar refractivity (Wildman–Crippen MR) is 123 cm³/mol. The summed E-state index contributed by atoms with van der Waals surface area (Å²) in [6.07, 6.45) is 8.26. The summed E-state index contributed by atoms with van der Waals surface area (Å²) >= 11 is 0. The Morgan fingerprint density at radius 2 is 1.94 bits per heavy atom. The minimum atomic E-state index is -3.35. The molecule has 0 saturated carbocycles. The van der Waals surface area contributed by atoms with Crippen molar-refractivity contribution in [1.29, 1.82) is 0 Å². The van der Waals surface area contributed by atoms with Crippen LogP contribution in [-0.2, 0) is 10.0 Å². The monoisotopic (exact) mass is 444 g/mol. The number of pyridine rings is 1. The van der Waals surface area contributed by atoms with E-state index >= 15 is 0 Å². The Balaban J connectivity index is 1.46. The summed E-state index contributed by atoms with van der Waals surface area (Å²) in [5.74, 6) is -0.0417. The summed E-state index contributed by atoms with van der Waals surface area (Å²) in [4.78, 5) is 21.7. The first-order chi connectivity index (χ1) is 14.9. The normalized spacial score (nSPS) is 21.0. The standard InChI is InChI=1S/C23H32N4O3S/c1-31(29,30)27(16-15-25-12-3-2-4-13-25)21-8-6-14-26(18-21)23(28)20-9-10-22-19(17-20)7-5-11-24-22/h5,7,9-11,17,21H,2-4,6,8,12-16,18H2,1H3. The highest BCUT2D eigenvalue weighted by molar-refractivity contribution is 7.88. The van der Waals surface area contributed by atoms with E-state index in [1.807, 2.05) is 35.2 Å². The third kappa shape index (κ3) is 5.42. The van der Waals surface area contributed by atoms with Crippen molar-refractivity contribution in [2.45, 2.75) is 38.1 Å². The van der Waals surface area contributed by atoms with Gasteiger partial charge in [-0.2, -0.15) is 4.31 Å². The summed E-state index contributed by atoms with van der Waals surface area (Å²) in [5, 5.41) is 0.932. The molecule has 7 nitrogen and oxygen atoms in total. The summed E-state index contributed by atoms with van der Waals surface area (Å²) in [7, 11) is -3.35. The fraction of sp³-hybridized carbons (Fsp3) is 0.565. The summed E-state index contributed by atoms with van der Waals surface area (Å²) in [5.41, 5.74) is 1.48. The van der Waals surface area contributed by atoms with E-state index in [2.05, 4.69) is 9.88 Å². The number of fused-ring (bicyclic) bond motifs is 1. The van der Waals surface area contributed by atoms with Crippen LogP contribution in [0.3, 0.4) is 0 Å². The number of aromatic nitrogens is 1. The highest BCUT2D eigenvalue weighted by Crippen LogP contribution is 2.22. The maximum atomic E-state index is 13.2. The number of carbonyl (C=O) groups excluding carboxylic acids is 1. The Labute approximate surface area is 185 Å². The molecule has 4 rings (SSSR count). The van der Waals surface area contributed by atoms with Crippen LogP contribution in [-0.4, -0.2) is 85.0 Å². The smallest absolute Gasteiger partial charge is 0.253 e. The van der Waals surface area contributed by atoms with Crippen LogP contribution in [0.25, 0.3) is 10.9 Å². The van der Waals surface area contributed by atoms with Gasteiger partial charge in [0.1, 0.15) is 0 Å². The largest absolute Gasteiger partial charge is 0.337 e. The third-order valence-corrected chi connectivity index (χ3v) is 7.78. The number of likely N-dealkylation sites (tertiary alicyclic amines) is 2. The van der Waals surface area contributed by atoms with Gasteiger partial charge in [-0.1, -0.05) is 12.5 Å². The number of amides is 1. The maximum Gasteiger partial charge on any atom is 0.253 e. The second-order valence-electron chi connectivity index (χ2n) is 8.73. The van der Waals surface area contributed by atoms with E-state index in [9.17, 15) is 13.2 Å². The molecule has 0 bridgehead atoms. The molecule has 0 spiro atoms. The zero-order valence-corrected chi connectivity index (χ0v) is 19.1. The fourth-order valence-corrected chi connectivity index (χ4v) is 5.93. The van der Waals surface area contributed by atoms with Gasteiger partial charge in [-0.15, -0.1) is 0 Å². The summed E-state index contributed by atoms with van der Waals surface area (Å²) < 4.78 is 26.8. The fourth-order valence-electron chi connectivity index (χ4n) is 4.81. The van der Waals surface area contributed by atoms with Gasteiger partial charge >= 0.3 is 0 Å². The molecule has 0 radical (unpaired) electrons. The molecule has 1 aromatic heterocycles. The Bertz CT molecular complexity index is 1020. The van der Waals surface area contributed by atoms with Crippen molar-refractivity contribution in [3.8, 4) is 0 Å². The molecule has 31 heavy (non-hydrogen) atoms. The molecule has 168 valence electrons. The molecule has 0 aliphatic carbocycles. The lowest BCUT2D eigenvalue weighted by Gasteiger charge is -2.39. The van der Waals surface area contributed by atoms with Crippen molar-refractivity contribution < 1.29 is 13.2 Å². The van der Waals surface area contributed by atoms with Gasteiger partial charge < -0.3 is 9.80 Å². The number of rotatable bonds is 6. The van der Waals surface area contributed by atoms with Gasteiger partial charge in [-0.25, -0.2) is 8.42 Å². The number of carbonyl (C=O) groups is 1. The number of piperidine rings is 2. The van der Waals surface area contributed by atoms with Gasteiger partial charge in [0.05, 0.1) is 11.8 Å². The molecule has 1 aromatic carbocycles. The van der Waals surface area contributed by atoms with Gasteiger partial charge in [0, 0.05) is 49.4 Å². The Morgan fingerprint density at radius 1 is 1.13 bits per heavy atom. The number of hydrogen-bond acceptors (Lipinski definition) is 5. The van der Waals surface area contributed by atoms with E-state index in [-0.39, 0.29) is 11.9 Å². The number of sulfonamides is 1. The number of hydrogen-bond donors (Lipinski definition) is 0. The van der Waals surface area contributed by atoms with Gasteiger partial charge in [-0.05, 0) is 63.0 Å². The molecule has 1 amide bonds. The predicted octanol–water partition coefficient (Wildman–Crippen LogP) is 2.59. The zero-order chi connectivity index (χ0) is 21.8. The van der Waals surface area contributed by atoms with Gasteiger partial charge in [0.25, 0.3) is 5.91 Å². The molecule has 0 N–H and O–H groups in total. The van der Waals surface area contributed by atoms with Crippen LogP contribution in [0.1, 0.15) is 42.5 Å². The van der Waals surface area contributed by atoms with Crippen LogP contribution in [0.15, 0.2) is 36.5 Å². The molecular weight excluding hydrogens is 412 g/mol. The Hall–Kier alpha value is -2.03. The van der Waals surface area contributed by atoms with Gasteiger partial charge in [-0.3, -0.25) is 9.78 Å². The lowest BCUT2D eigenvalue weighted by molar-refractivity contribution is 0.0647. The van der Waals surface area contributed by atoms with Crippen molar-refractivity contribution in [3.63, 3.8) is 0 Å². The molecule has 2 saturated heterocycles. The van der Waals surface area contributed by atoms with Crippen molar-refractivity contribution in [2.75, 3.05) is 45.5 Å². The molecule has 2 fully saturated rings. The van der Waals surface area contributed by atoms with E-state index in [0.29, 0.717) is 25.2 Å². The second-order valence-corrected chi connectivity index (χ2v) is 10.7. The average Bonchev–Trinajstić information content (AvgIpc) is 2.78. The average molecular weight is 445 g/mol. The van der Waals surface area contributed by atoms with Crippen LogP contribution in [0.2, 0.25) is 0 Å². The van der Waals surface area contributed by atoms with Gasteiger partial charge in [0.15, 0.2) is 0 Å². The lowest BCUT2D eigenvalue weighted by Crippen LogP contribution is -2.53. The van der Waals surface area contributed by atoms with Crippen LogP contribution in [0.5, 0.6) is 0 Å². The Kier molecular flexibility index (Phi) is 6.89. The lowest BCUT2D eigenvalue weighted by atomic mass is 10.0. The van der Waals surface area contributed by atoms with E-state index in [1.165, 1.54) is 25.5 Å². The zero-order valence-electron chi connectivity index (χ0n) is 18.2. The minimum absolute atomic E-state index is 0.0417. The molecule has 1 atom stereocenters. The van der Waals surface area contributed by atoms with E-state index in [0.717, 1.165) is 43.4 Å². The minimum Gasteiger partial charge on any atom is -0.337 e. The van der Waals surface area contributed by atoms with Crippen LogP contribution in [0, 0.1) is 0 Å². The van der Waals surface area contributed by atoms with Crippen molar-refractivity contribution in [3.05, 3.63) is 42.1 Å². The van der Waals surface area contributed by atoms with E-state index in [1.54, 1.807) is 10.5 Å². The number of nitrogens with zero attached hydrogens (tertiary/aromatic N) is 4. The first-order valence-electron chi connectivity index (χ1n) is 11.2. The molecule has 2 aromatic rings. The van der Waals surface area contributed by atoms with E-state index in [4.69, 9.17) is 0 Å². The molecule has 3 heterocycles. The summed E-state index contributed by atoms with van der Waals surface area (Å²) in [6, 6.07) is 9.19. The van der Waals surface area contributed by atoms with E-state index < -0.39 is 10.0 Å². The third-order valence-electron chi connectivity index (χ3n) is 6.45.